The molecule has 24 nitrogen and oxygen atoms in total. The van der Waals surface area contributed by atoms with E-state index in [0.29, 0.717) is 11.4 Å². The Morgan fingerprint density at radius 1 is 0.592 bits per heavy atom. The van der Waals surface area contributed by atoms with Gasteiger partial charge in [-0.05, 0) is 16.8 Å². The van der Waals surface area contributed by atoms with Gasteiger partial charge in [-0.15, -0.1) is 43.7 Å². The third-order valence-corrected chi connectivity index (χ3v) is 10.5. The zero-order valence-electron chi connectivity index (χ0n) is 45.8. The van der Waals surface area contributed by atoms with Gasteiger partial charge < -0.3 is 36.4 Å². The van der Waals surface area contributed by atoms with Gasteiger partial charge in [-0.2, -0.15) is 76.4 Å². The van der Waals surface area contributed by atoms with E-state index in [2.05, 4.69) is 78.9 Å². The molecule has 0 radical (unpaired) electrons. The number of benzene rings is 2. The van der Waals surface area contributed by atoms with Gasteiger partial charge in [0.2, 0.25) is 0 Å². The van der Waals surface area contributed by atoms with Crippen LogP contribution in [0.4, 0.5) is 40.3 Å². The Morgan fingerprint density at radius 3 is 1.33 bits per heavy atom. The van der Waals surface area contributed by atoms with E-state index in [1.54, 1.807) is 0 Å². The van der Waals surface area contributed by atoms with Crippen molar-refractivity contribution in [2.45, 2.75) is 105 Å². The Hall–Kier alpha value is -1.01. The number of anilines is 2. The number of nitrogens with zero attached hydrogens (tertiary/aromatic N) is 17. The molecule has 0 aliphatic heterocycles. The molecule has 29 heteroatoms. The number of nitrogen functional groups attached to an aromatic ring is 2. The van der Waals surface area contributed by atoms with E-state index in [-0.39, 0.29) is 349 Å². The number of aromatic nitrogens is 11. The predicted molar refractivity (Wildman–Crippen MR) is 250 cm³/mol. The number of carbonyl (C=O) groups is 2. The van der Waals surface area contributed by atoms with E-state index in [9.17, 15) is 30.2 Å². The second kappa shape index (κ2) is 27.8. The molecule has 364 valence electrons. The Bertz CT molecular complexity index is 3240. The summed E-state index contributed by atoms with van der Waals surface area (Å²) in [7, 11) is 0. The molecule has 0 saturated heterocycles. The molecular formula is C47H46K5N19O5. The number of azo groups is 2. The fraction of sp³-hybridized carbons (Fsp3) is 0.340. The van der Waals surface area contributed by atoms with Crippen LogP contribution in [0.5, 0.6) is 6.01 Å². The van der Waals surface area contributed by atoms with Crippen molar-refractivity contribution in [1.82, 2.24) is 54.1 Å². The molecule has 5 aromatic heterocycles. The summed E-state index contributed by atoms with van der Waals surface area (Å²) in [6.45, 7) is 30.2. The molecule has 2 aromatic carbocycles. The summed E-state index contributed by atoms with van der Waals surface area (Å²) < 4.78 is 4.70. The number of nitriles is 1. The first-order valence-electron chi connectivity index (χ1n) is 21.6. The molecule has 7 aromatic rings. The third-order valence-electron chi connectivity index (χ3n) is 10.5. The van der Waals surface area contributed by atoms with Gasteiger partial charge in [-0.25, -0.2) is 14.8 Å². The number of carboxylic acids is 2. The van der Waals surface area contributed by atoms with Crippen molar-refractivity contribution in [3.8, 4) is 35.4 Å². The number of rotatable bonds is 10. The number of nitrogens with two attached hydrogens (primary N) is 2. The van der Waals surface area contributed by atoms with Crippen molar-refractivity contribution < 1.29 is 282 Å². The van der Waals surface area contributed by atoms with Crippen molar-refractivity contribution in [3.05, 3.63) is 99.4 Å². The molecule has 7 rings (SSSR count). The smallest absolute Gasteiger partial charge is 0.844 e. The summed E-state index contributed by atoms with van der Waals surface area (Å²) in [6.07, 6.45) is 0. The number of aromatic carboxylic acids is 2. The number of hydrogen-bond donors (Lipinski definition) is 2. The van der Waals surface area contributed by atoms with E-state index < -0.39 is 39.6 Å². The summed E-state index contributed by atoms with van der Waals surface area (Å²) in [5.41, 5.74) is 12.1. The first kappa shape index (κ1) is 71.1. The Balaban J connectivity index is 0.00000395. The normalized spacial score (nSPS) is 11.7. The van der Waals surface area contributed by atoms with Crippen molar-refractivity contribution in [2.75, 3.05) is 11.5 Å². The average Bonchev–Trinajstić information content (AvgIpc) is 4.04. The quantitative estimate of drug-likeness (QED) is 0.0730. The molecule has 76 heavy (non-hydrogen) atoms. The maximum absolute atomic E-state index is 13.4. The minimum Gasteiger partial charge on any atom is -0.844 e. The van der Waals surface area contributed by atoms with Gasteiger partial charge >= 0.3 is 257 Å². The van der Waals surface area contributed by atoms with Crippen LogP contribution in [0.25, 0.3) is 28.1 Å². The van der Waals surface area contributed by atoms with Gasteiger partial charge in [-0.3, -0.25) is 9.36 Å². The summed E-state index contributed by atoms with van der Waals surface area (Å²) >= 11 is 0. The van der Waals surface area contributed by atoms with Crippen LogP contribution >= 0.6 is 0 Å². The molecule has 0 aliphatic carbocycles. The molecule has 0 bridgehead atoms. The Kier molecular flexibility index (Phi) is 26.0. The molecule has 0 amide bonds. The van der Waals surface area contributed by atoms with E-state index >= 15 is 0 Å². The fourth-order valence-electron chi connectivity index (χ4n) is 7.07. The maximum Gasteiger partial charge on any atom is 1.00 e. The van der Waals surface area contributed by atoms with Crippen LogP contribution in [-0.2, 0) is 21.7 Å². The summed E-state index contributed by atoms with van der Waals surface area (Å²) in [5, 5.41) is 84.1. The van der Waals surface area contributed by atoms with Crippen LogP contribution in [0.15, 0.2) is 56.9 Å². The van der Waals surface area contributed by atoms with Gasteiger partial charge in [0, 0.05) is 28.2 Å². The van der Waals surface area contributed by atoms with Crippen molar-refractivity contribution in [3.63, 3.8) is 0 Å². The van der Waals surface area contributed by atoms with Gasteiger partial charge in [0.25, 0.3) is 17.6 Å². The number of hydrogen-bond acceptors (Lipinski definition) is 19. The van der Waals surface area contributed by atoms with Gasteiger partial charge in [0.15, 0.2) is 34.6 Å². The second-order valence-electron chi connectivity index (χ2n) is 20.3. The average molecular weight is 1150 g/mol. The Labute approximate surface area is 651 Å². The SMILES string of the molecule is [C-]#[N+]c1c(C(C)(C)C)nn(-c2c[c-]cc(C(=O)[O-])c2)c1N=Nc1c(C(C)(C)C)nn(-c2nc([O-])nc(-n3nc(C(C)(C)C)c(N=Nc4c(C#N)c(C(C)(C)C)nn4-c4c[c-]cc(C(=O)[O-])c4)c3N)n2)c1N.[K+].[K+].[K+].[K+].[K+]. The predicted octanol–water partition coefficient (Wildman–Crippen LogP) is -9.36. The van der Waals surface area contributed by atoms with Crippen molar-refractivity contribution in [2.24, 2.45) is 20.5 Å². The molecule has 5 heterocycles. The molecule has 0 aliphatic rings. The van der Waals surface area contributed by atoms with Crippen LogP contribution in [0.3, 0.4) is 0 Å². The molecule has 0 saturated carbocycles. The molecular weight excluding hydrogens is 1110 g/mol. The molecule has 0 unspecified atom stereocenters. The van der Waals surface area contributed by atoms with Crippen molar-refractivity contribution >= 4 is 52.3 Å². The minimum atomic E-state index is -1.45. The maximum atomic E-state index is 13.4. The monoisotopic (exact) mass is 1150 g/mol. The zero-order valence-corrected chi connectivity index (χ0v) is 61.4. The van der Waals surface area contributed by atoms with E-state index in [4.69, 9.17) is 18.0 Å². The first-order valence-corrected chi connectivity index (χ1v) is 21.6. The number of carboxylic acid groups (broad SMARTS) is 2. The van der Waals surface area contributed by atoms with E-state index in [1.807, 2.05) is 83.1 Å². The Morgan fingerprint density at radius 2 is 0.961 bits per heavy atom. The van der Waals surface area contributed by atoms with E-state index in [1.165, 1.54) is 45.8 Å². The number of carbonyl (C=O) groups excluding carboxylic acids is 2. The van der Waals surface area contributed by atoms with Gasteiger partial charge in [0.05, 0.1) is 35.4 Å². The topological polar surface area (TPSA) is 343 Å². The van der Waals surface area contributed by atoms with E-state index in [0.717, 1.165) is 9.36 Å². The largest absolute Gasteiger partial charge is 1.00 e. The van der Waals surface area contributed by atoms with Gasteiger partial charge in [0.1, 0.15) is 11.6 Å². The minimum absolute atomic E-state index is 0. The van der Waals surface area contributed by atoms with Crippen LogP contribution in [0.1, 0.15) is 132 Å². The molecule has 0 fully saturated rings. The molecule has 0 spiro atoms. The standard InChI is InChI=1S/C47H49N19O5.5K/c1-44(2,3)31-27(22-48)37(63(59-31)25-18-14-16-23(20-25)39(67)68)57-55-28-32(45(4,5)6)61-65(35(28)49)41-52-42(54-43(71)53-41)66-36(50)29(33(62-66)46(7,8)9)56-58-38-30(51-13)34(47(10,11)12)60-64(38)26-19-15-17-24(21-26)40(69)70;;;;;/h16-21H,49-50H2,1-12H3,(H,67,68)(H,69,70)(H,52,53,54,71);;;;;/q-2;5*+1/p-3. The third kappa shape index (κ3) is 15.3. The van der Waals surface area contributed by atoms with Crippen LogP contribution in [0, 0.1) is 30.0 Å². The van der Waals surface area contributed by atoms with Gasteiger partial charge in [-0.1, -0.05) is 83.1 Å². The fourth-order valence-corrected chi connectivity index (χ4v) is 7.07. The molecule has 4 N–H and O–H groups in total. The van der Waals surface area contributed by atoms with Crippen LogP contribution < -0.4 is 284 Å². The van der Waals surface area contributed by atoms with Crippen LogP contribution in [0.2, 0.25) is 0 Å². The summed E-state index contributed by atoms with van der Waals surface area (Å²) in [4.78, 5) is 39.9. The van der Waals surface area contributed by atoms with Crippen molar-refractivity contribution in [1.29, 1.82) is 5.26 Å². The zero-order chi connectivity index (χ0) is 52.3. The first-order chi connectivity index (χ1) is 33.0. The second-order valence-corrected chi connectivity index (χ2v) is 20.3. The summed E-state index contributed by atoms with van der Waals surface area (Å²) in [6, 6.07) is 14.7. The molecule has 0 atom stereocenters. The van der Waals surface area contributed by atoms with Crippen LogP contribution in [-0.4, -0.2) is 66.0 Å². The summed E-state index contributed by atoms with van der Waals surface area (Å²) in [5.74, 6) is -4.06.